The van der Waals surface area contributed by atoms with Crippen molar-refractivity contribution in [2.24, 2.45) is 0 Å². The number of hydrogen-bond donors (Lipinski definition) is 2. The monoisotopic (exact) mass is 312 g/mol. The summed E-state index contributed by atoms with van der Waals surface area (Å²) in [5, 5.41) is 17.0. The summed E-state index contributed by atoms with van der Waals surface area (Å²) in [6.45, 7) is 0. The Morgan fingerprint density at radius 1 is 0.545 bits per heavy atom. The van der Waals surface area contributed by atoms with Gasteiger partial charge in [0.15, 0.2) is 0 Å². The molecule has 4 heteroatoms. The average Bonchev–Trinajstić information content (AvgIpc) is 2.46. The fourth-order valence-electron chi connectivity index (χ4n) is 2.37. The topological polar surface area (TPSA) is 74.6 Å². The Hall–Kier alpha value is -1.32. The Labute approximate surface area is 134 Å². The van der Waals surface area contributed by atoms with Crippen LogP contribution >= 0.6 is 0 Å². The molecule has 0 aromatic rings. The highest BCUT2D eigenvalue weighted by atomic mass is 16.4. The molecule has 0 saturated heterocycles. The average molecular weight is 312 g/mol. The first-order chi connectivity index (χ1) is 10.6. The maximum absolute atomic E-state index is 10.3. The van der Waals surface area contributed by atoms with Crippen molar-refractivity contribution in [1.82, 2.24) is 0 Å². The second-order valence-corrected chi connectivity index (χ2v) is 5.87. The number of aliphatic carboxylic acids is 2. The normalized spacial score (nSPS) is 11.1. The van der Waals surface area contributed by atoms with E-state index in [-0.39, 0.29) is 0 Å². The summed E-state index contributed by atoms with van der Waals surface area (Å²) in [7, 11) is 0. The quantitative estimate of drug-likeness (QED) is 0.304. The van der Waals surface area contributed by atoms with E-state index in [0.29, 0.717) is 12.8 Å². The lowest BCUT2D eigenvalue weighted by Gasteiger charge is -1.99. The number of unbranched alkanes of at least 4 members (excludes halogenated alkanes) is 10. The largest absolute Gasteiger partial charge is 0.481 e. The van der Waals surface area contributed by atoms with Gasteiger partial charge in [0, 0.05) is 12.8 Å². The molecule has 0 saturated carbocycles. The van der Waals surface area contributed by atoms with Gasteiger partial charge in [0.1, 0.15) is 0 Å². The molecule has 0 aliphatic carbocycles. The summed E-state index contributed by atoms with van der Waals surface area (Å²) in [4.78, 5) is 20.7. The van der Waals surface area contributed by atoms with E-state index in [2.05, 4.69) is 12.2 Å². The molecule has 4 nitrogen and oxygen atoms in total. The highest BCUT2D eigenvalue weighted by Gasteiger charge is 1.96. The second-order valence-electron chi connectivity index (χ2n) is 5.87. The summed E-state index contributed by atoms with van der Waals surface area (Å²) < 4.78 is 0. The van der Waals surface area contributed by atoms with Crippen LogP contribution in [0.25, 0.3) is 0 Å². The minimum absolute atomic E-state index is 0.302. The van der Waals surface area contributed by atoms with Crippen LogP contribution in [-0.4, -0.2) is 22.2 Å². The first-order valence-corrected chi connectivity index (χ1v) is 8.71. The van der Waals surface area contributed by atoms with E-state index >= 15 is 0 Å². The van der Waals surface area contributed by atoms with Crippen LogP contribution in [0.2, 0.25) is 0 Å². The third-order valence-corrected chi connectivity index (χ3v) is 3.69. The maximum atomic E-state index is 10.3. The molecule has 0 aromatic carbocycles. The van der Waals surface area contributed by atoms with Crippen LogP contribution in [0.3, 0.4) is 0 Å². The fraction of sp³-hybridized carbons (Fsp3) is 0.778. The van der Waals surface area contributed by atoms with E-state index in [1.165, 1.54) is 25.7 Å². The van der Waals surface area contributed by atoms with E-state index in [1.54, 1.807) is 0 Å². The summed E-state index contributed by atoms with van der Waals surface area (Å²) >= 11 is 0. The van der Waals surface area contributed by atoms with E-state index in [0.717, 1.165) is 51.4 Å². The van der Waals surface area contributed by atoms with Crippen LogP contribution in [-0.2, 0) is 9.59 Å². The zero-order valence-electron chi connectivity index (χ0n) is 13.8. The number of carboxylic acid groups (broad SMARTS) is 2. The number of rotatable bonds is 16. The van der Waals surface area contributed by atoms with Crippen LogP contribution < -0.4 is 0 Å². The highest BCUT2D eigenvalue weighted by Crippen LogP contribution is 2.10. The molecule has 0 aliphatic rings. The van der Waals surface area contributed by atoms with Crippen molar-refractivity contribution in [2.45, 2.75) is 89.9 Å². The zero-order valence-corrected chi connectivity index (χ0v) is 13.8. The van der Waals surface area contributed by atoms with Gasteiger partial charge in [-0.2, -0.15) is 0 Å². The fourth-order valence-corrected chi connectivity index (χ4v) is 2.37. The molecule has 0 atom stereocenters. The second kappa shape index (κ2) is 16.1. The molecule has 0 aromatic heterocycles. The highest BCUT2D eigenvalue weighted by molar-refractivity contribution is 5.66. The summed E-state index contributed by atoms with van der Waals surface area (Å²) in [5.41, 5.74) is 0. The van der Waals surface area contributed by atoms with Gasteiger partial charge in [-0.05, 0) is 38.5 Å². The van der Waals surface area contributed by atoms with Crippen LogP contribution in [0.15, 0.2) is 12.2 Å². The van der Waals surface area contributed by atoms with Gasteiger partial charge in [0.25, 0.3) is 0 Å². The van der Waals surface area contributed by atoms with E-state index < -0.39 is 11.9 Å². The molecule has 2 N–H and O–H groups in total. The van der Waals surface area contributed by atoms with Crippen molar-refractivity contribution in [3.05, 3.63) is 12.2 Å². The molecule has 0 rings (SSSR count). The van der Waals surface area contributed by atoms with Gasteiger partial charge in [0.05, 0.1) is 0 Å². The predicted octanol–water partition coefficient (Wildman–Crippen LogP) is 5.17. The van der Waals surface area contributed by atoms with Gasteiger partial charge in [-0.15, -0.1) is 0 Å². The molecule has 22 heavy (non-hydrogen) atoms. The van der Waals surface area contributed by atoms with E-state index in [4.69, 9.17) is 10.2 Å². The van der Waals surface area contributed by atoms with Crippen LogP contribution in [0.1, 0.15) is 89.9 Å². The molecule has 0 fully saturated rings. The SMILES string of the molecule is O=C(O)CCCCCCC/C=C/CCCCCCCC(=O)O. The Balaban J connectivity index is 3.12. The van der Waals surface area contributed by atoms with Gasteiger partial charge in [-0.3, -0.25) is 9.59 Å². The minimum atomic E-state index is -0.690. The Bertz CT molecular complexity index is 280. The first-order valence-electron chi connectivity index (χ1n) is 8.71. The number of hydrogen-bond acceptors (Lipinski definition) is 2. The molecule has 0 unspecified atom stereocenters. The summed E-state index contributed by atoms with van der Waals surface area (Å²) in [6, 6.07) is 0. The van der Waals surface area contributed by atoms with Crippen molar-refractivity contribution in [3.63, 3.8) is 0 Å². The molecular weight excluding hydrogens is 280 g/mol. The molecular formula is C18H32O4. The molecule has 0 bridgehead atoms. The third kappa shape index (κ3) is 18.7. The zero-order chi connectivity index (χ0) is 16.5. The molecule has 0 amide bonds. The van der Waals surface area contributed by atoms with Crippen LogP contribution in [0.5, 0.6) is 0 Å². The lowest BCUT2D eigenvalue weighted by Crippen LogP contribution is -1.93. The van der Waals surface area contributed by atoms with Crippen molar-refractivity contribution >= 4 is 11.9 Å². The van der Waals surface area contributed by atoms with Crippen LogP contribution in [0, 0.1) is 0 Å². The van der Waals surface area contributed by atoms with Gasteiger partial charge in [0.2, 0.25) is 0 Å². The van der Waals surface area contributed by atoms with E-state index in [1.807, 2.05) is 0 Å². The number of allylic oxidation sites excluding steroid dienone is 2. The third-order valence-electron chi connectivity index (χ3n) is 3.69. The molecule has 0 aliphatic heterocycles. The smallest absolute Gasteiger partial charge is 0.303 e. The van der Waals surface area contributed by atoms with Gasteiger partial charge >= 0.3 is 11.9 Å². The summed E-state index contributed by atoms with van der Waals surface area (Å²) in [5.74, 6) is -1.38. The first kappa shape index (κ1) is 20.7. The van der Waals surface area contributed by atoms with Gasteiger partial charge < -0.3 is 10.2 Å². The van der Waals surface area contributed by atoms with Crippen LogP contribution in [0.4, 0.5) is 0 Å². The standard InChI is InChI=1S/C18H32O4/c19-17(20)15-13-11-9-7-5-3-1-2-4-6-8-10-12-14-16-18(21)22/h1-2H,3-16H2,(H,19,20)(H,21,22)/b2-1+. The predicted molar refractivity (Wildman–Crippen MR) is 89.0 cm³/mol. The lowest BCUT2D eigenvalue weighted by atomic mass is 10.1. The Kier molecular flexibility index (Phi) is 15.1. The minimum Gasteiger partial charge on any atom is -0.481 e. The van der Waals surface area contributed by atoms with Crippen molar-refractivity contribution in [2.75, 3.05) is 0 Å². The Morgan fingerprint density at radius 2 is 0.864 bits per heavy atom. The number of carbonyl (C=O) groups is 2. The molecule has 0 heterocycles. The lowest BCUT2D eigenvalue weighted by molar-refractivity contribution is -0.138. The maximum Gasteiger partial charge on any atom is 0.303 e. The number of carboxylic acids is 2. The van der Waals surface area contributed by atoms with Crippen molar-refractivity contribution in [3.8, 4) is 0 Å². The molecule has 128 valence electrons. The van der Waals surface area contributed by atoms with Gasteiger partial charge in [-0.1, -0.05) is 50.7 Å². The summed E-state index contributed by atoms with van der Waals surface area (Å²) in [6.07, 6.45) is 18.0. The molecule has 0 radical (unpaired) electrons. The van der Waals surface area contributed by atoms with E-state index in [9.17, 15) is 9.59 Å². The van der Waals surface area contributed by atoms with Gasteiger partial charge in [-0.25, -0.2) is 0 Å². The van der Waals surface area contributed by atoms with Crippen molar-refractivity contribution < 1.29 is 19.8 Å². The Morgan fingerprint density at radius 3 is 1.23 bits per heavy atom. The van der Waals surface area contributed by atoms with Crippen molar-refractivity contribution in [1.29, 1.82) is 0 Å². The molecule has 0 spiro atoms.